The van der Waals surface area contributed by atoms with Crippen LogP contribution >= 0.6 is 11.6 Å². The van der Waals surface area contributed by atoms with Gasteiger partial charge in [-0.1, -0.05) is 24.3 Å². The van der Waals surface area contributed by atoms with Crippen LogP contribution in [0.2, 0.25) is 0 Å². The van der Waals surface area contributed by atoms with Crippen molar-refractivity contribution in [3.8, 4) is 23.0 Å². The quantitative estimate of drug-likeness (QED) is 0.595. The fourth-order valence-corrected chi connectivity index (χ4v) is 2.05. The normalized spacial score (nSPS) is 18.8. The number of ether oxygens (including phenoxy) is 5. The molecule has 0 amide bonds. The molecule has 0 aliphatic carbocycles. The van der Waals surface area contributed by atoms with Crippen LogP contribution < -0.4 is 14.2 Å². The van der Waals surface area contributed by atoms with Gasteiger partial charge >= 0.3 is 0 Å². The van der Waals surface area contributed by atoms with E-state index in [-0.39, 0.29) is 11.9 Å². The molecule has 2 atom stereocenters. The minimum atomic E-state index is 0.181. The van der Waals surface area contributed by atoms with Gasteiger partial charge in [0.15, 0.2) is 23.0 Å². The highest BCUT2D eigenvalue weighted by Gasteiger charge is 2.23. The Labute approximate surface area is 164 Å². The summed E-state index contributed by atoms with van der Waals surface area (Å²) in [6.45, 7) is 2.30. The molecule has 6 nitrogen and oxygen atoms in total. The SMILES string of the molecule is COc1ccccc1O.COc1ccccc1OCC1CO1.ClCC1CO1. The highest BCUT2D eigenvalue weighted by atomic mass is 35.5. The zero-order valence-corrected chi connectivity index (χ0v) is 16.2. The van der Waals surface area contributed by atoms with E-state index >= 15 is 0 Å². The molecule has 0 aromatic heterocycles. The third-order valence-corrected chi connectivity index (χ3v) is 3.90. The largest absolute Gasteiger partial charge is 0.504 e. The number of rotatable bonds is 6. The van der Waals surface area contributed by atoms with E-state index in [0.717, 1.165) is 24.7 Å². The first kappa shape index (κ1) is 21.2. The van der Waals surface area contributed by atoms with Gasteiger partial charge in [0.25, 0.3) is 0 Å². The number of hydrogen-bond donors (Lipinski definition) is 1. The summed E-state index contributed by atoms with van der Waals surface area (Å²) in [5.74, 6) is 2.90. The summed E-state index contributed by atoms with van der Waals surface area (Å²) < 4.78 is 25.2. The monoisotopic (exact) mass is 396 g/mol. The van der Waals surface area contributed by atoms with Crippen molar-refractivity contribution in [3.05, 3.63) is 48.5 Å². The van der Waals surface area contributed by atoms with Gasteiger partial charge in [0, 0.05) is 0 Å². The lowest BCUT2D eigenvalue weighted by atomic mass is 10.3. The number of para-hydroxylation sites is 4. The van der Waals surface area contributed by atoms with Crippen molar-refractivity contribution >= 4 is 11.6 Å². The second kappa shape index (κ2) is 11.5. The predicted octanol–water partition coefficient (Wildman–Crippen LogP) is 3.50. The van der Waals surface area contributed by atoms with Crippen LogP contribution in [0.4, 0.5) is 0 Å². The molecule has 2 fully saturated rings. The zero-order chi connectivity index (χ0) is 19.5. The Bertz CT molecular complexity index is 673. The smallest absolute Gasteiger partial charge is 0.161 e. The van der Waals surface area contributed by atoms with E-state index in [2.05, 4.69) is 0 Å². The van der Waals surface area contributed by atoms with Crippen molar-refractivity contribution in [1.82, 2.24) is 0 Å². The highest BCUT2D eigenvalue weighted by Crippen LogP contribution is 2.26. The maximum absolute atomic E-state index is 8.99. The van der Waals surface area contributed by atoms with Crippen molar-refractivity contribution in [2.45, 2.75) is 12.2 Å². The lowest BCUT2D eigenvalue weighted by Gasteiger charge is -2.08. The molecule has 148 valence electrons. The Hall–Kier alpha value is -2.15. The van der Waals surface area contributed by atoms with Crippen LogP contribution in [0.15, 0.2) is 48.5 Å². The minimum Gasteiger partial charge on any atom is -0.504 e. The van der Waals surface area contributed by atoms with Gasteiger partial charge in [-0.25, -0.2) is 0 Å². The molecule has 0 bridgehead atoms. The first-order chi connectivity index (χ1) is 13.2. The van der Waals surface area contributed by atoms with Gasteiger partial charge in [0.1, 0.15) is 12.7 Å². The lowest BCUT2D eigenvalue weighted by molar-refractivity contribution is 0.252. The number of hydrogen-bond acceptors (Lipinski definition) is 6. The number of epoxide rings is 2. The molecule has 0 saturated carbocycles. The number of halogens is 1. The van der Waals surface area contributed by atoms with Crippen LogP contribution in [0.1, 0.15) is 0 Å². The molecule has 2 unspecified atom stereocenters. The molecule has 2 heterocycles. The molecule has 4 rings (SSSR count). The molecule has 0 spiro atoms. The first-order valence-corrected chi connectivity index (χ1v) is 9.08. The number of benzene rings is 2. The summed E-state index contributed by atoms with van der Waals surface area (Å²) in [6, 6.07) is 14.4. The van der Waals surface area contributed by atoms with Crippen LogP contribution in [0.5, 0.6) is 23.0 Å². The molecular weight excluding hydrogens is 372 g/mol. The van der Waals surface area contributed by atoms with Crippen molar-refractivity contribution in [2.24, 2.45) is 0 Å². The Morgan fingerprint density at radius 3 is 1.81 bits per heavy atom. The summed E-state index contributed by atoms with van der Waals surface area (Å²) >= 11 is 5.27. The topological polar surface area (TPSA) is 73.0 Å². The van der Waals surface area contributed by atoms with Crippen molar-refractivity contribution in [3.63, 3.8) is 0 Å². The van der Waals surface area contributed by atoms with Crippen LogP contribution in [0, 0.1) is 0 Å². The van der Waals surface area contributed by atoms with E-state index in [4.69, 9.17) is 40.4 Å². The molecule has 2 aromatic carbocycles. The Kier molecular flexibility index (Phi) is 9.04. The average molecular weight is 397 g/mol. The number of aromatic hydroxyl groups is 1. The third-order valence-electron chi connectivity index (χ3n) is 3.56. The molecule has 2 aliphatic rings. The van der Waals surface area contributed by atoms with Crippen LogP contribution in [-0.2, 0) is 9.47 Å². The predicted molar refractivity (Wildman–Crippen MR) is 103 cm³/mol. The van der Waals surface area contributed by atoms with E-state index < -0.39 is 0 Å². The Morgan fingerprint density at radius 2 is 1.41 bits per heavy atom. The van der Waals surface area contributed by atoms with Crippen LogP contribution in [0.3, 0.4) is 0 Å². The van der Waals surface area contributed by atoms with Crippen molar-refractivity contribution < 1.29 is 28.8 Å². The van der Waals surface area contributed by atoms with E-state index in [1.165, 1.54) is 7.11 Å². The number of phenols is 1. The van der Waals surface area contributed by atoms with E-state index in [9.17, 15) is 0 Å². The maximum Gasteiger partial charge on any atom is 0.161 e. The maximum atomic E-state index is 8.99. The second-order valence-electron chi connectivity index (χ2n) is 5.70. The number of methoxy groups -OCH3 is 2. The summed E-state index contributed by atoms with van der Waals surface area (Å²) in [7, 11) is 3.16. The second-order valence-corrected chi connectivity index (χ2v) is 6.01. The minimum absolute atomic E-state index is 0.181. The van der Waals surface area contributed by atoms with Crippen molar-refractivity contribution in [2.75, 3.05) is 39.9 Å². The van der Waals surface area contributed by atoms with Gasteiger partial charge in [-0.3, -0.25) is 0 Å². The standard InChI is InChI=1S/C10H12O3.C7H8O2.C3H5ClO/c1-11-9-4-2-3-5-10(9)13-7-8-6-12-8;1-9-7-5-3-2-4-6(7)8;4-1-3-2-5-3/h2-5,8H,6-7H2,1H3;2-5,8H,1H3;3H,1-2H2. The van der Waals surface area contributed by atoms with Gasteiger partial charge in [0.2, 0.25) is 0 Å². The van der Waals surface area contributed by atoms with Crippen molar-refractivity contribution in [1.29, 1.82) is 0 Å². The molecule has 2 aliphatic heterocycles. The van der Waals surface area contributed by atoms with Crippen LogP contribution in [0.25, 0.3) is 0 Å². The van der Waals surface area contributed by atoms with Crippen LogP contribution in [-0.4, -0.2) is 57.2 Å². The molecule has 27 heavy (non-hydrogen) atoms. The highest BCUT2D eigenvalue weighted by molar-refractivity contribution is 6.18. The van der Waals surface area contributed by atoms with Gasteiger partial charge in [0.05, 0.1) is 39.4 Å². The summed E-state index contributed by atoms with van der Waals surface area (Å²) in [4.78, 5) is 0. The molecule has 2 aromatic rings. The zero-order valence-electron chi connectivity index (χ0n) is 15.5. The van der Waals surface area contributed by atoms with E-state index in [0.29, 0.717) is 24.3 Å². The Balaban J connectivity index is 0.000000161. The number of phenolic OH excluding ortho intramolecular Hbond substituents is 1. The Morgan fingerprint density at radius 1 is 0.889 bits per heavy atom. The van der Waals surface area contributed by atoms with Gasteiger partial charge in [-0.2, -0.15) is 0 Å². The fourth-order valence-electron chi connectivity index (χ4n) is 1.87. The first-order valence-electron chi connectivity index (χ1n) is 8.54. The summed E-state index contributed by atoms with van der Waals surface area (Å²) in [5, 5.41) is 8.99. The summed E-state index contributed by atoms with van der Waals surface area (Å²) in [5.41, 5.74) is 0. The average Bonchev–Trinajstić information content (AvgIpc) is 3.62. The molecular formula is C20H25ClO6. The fraction of sp³-hybridized carbons (Fsp3) is 0.400. The molecule has 1 N–H and O–H groups in total. The number of alkyl halides is 1. The summed E-state index contributed by atoms with van der Waals surface area (Å²) in [6.07, 6.45) is 0.682. The van der Waals surface area contributed by atoms with E-state index in [1.807, 2.05) is 24.3 Å². The third kappa shape index (κ3) is 8.39. The van der Waals surface area contributed by atoms with Gasteiger partial charge in [-0.15, -0.1) is 11.6 Å². The molecule has 0 radical (unpaired) electrons. The molecule has 7 heteroatoms. The van der Waals surface area contributed by atoms with Gasteiger partial charge in [-0.05, 0) is 24.3 Å². The molecule has 2 saturated heterocycles. The van der Waals surface area contributed by atoms with Gasteiger partial charge < -0.3 is 28.8 Å². The lowest BCUT2D eigenvalue weighted by Crippen LogP contribution is -2.04. The van der Waals surface area contributed by atoms with E-state index in [1.54, 1.807) is 31.4 Å².